The molecule has 1 aliphatic heterocycles. The Bertz CT molecular complexity index is 1470. The zero-order valence-electron chi connectivity index (χ0n) is 30.2. The minimum Gasteiger partial charge on any atom is -0.493 e. The number of alkyl halides is 1. The van der Waals surface area contributed by atoms with Gasteiger partial charge in [0, 0.05) is 49.8 Å². The van der Waals surface area contributed by atoms with Gasteiger partial charge in [-0.2, -0.15) is 0 Å². The van der Waals surface area contributed by atoms with Gasteiger partial charge in [-0.25, -0.2) is 18.0 Å². The average Bonchev–Trinajstić information content (AvgIpc) is 3.37. The molecule has 0 saturated carbocycles. The molecular weight excluding hydrogens is 633 g/mol. The number of rotatable bonds is 15. The van der Waals surface area contributed by atoms with Gasteiger partial charge in [0.2, 0.25) is 0 Å². The lowest BCUT2D eigenvalue weighted by Gasteiger charge is -2.44. The maximum Gasteiger partial charge on any atom is 0.410 e. The van der Waals surface area contributed by atoms with Crippen molar-refractivity contribution in [3.63, 3.8) is 0 Å². The van der Waals surface area contributed by atoms with Gasteiger partial charge in [0.1, 0.15) is 28.7 Å². The summed E-state index contributed by atoms with van der Waals surface area (Å²) >= 11 is 0. The zero-order chi connectivity index (χ0) is 35.9. The lowest BCUT2D eigenvalue weighted by Crippen LogP contribution is -2.47. The van der Waals surface area contributed by atoms with E-state index in [9.17, 15) is 9.59 Å². The normalized spacial score (nSPS) is 17.8. The van der Waals surface area contributed by atoms with E-state index in [-0.39, 0.29) is 36.5 Å². The molecule has 1 aliphatic carbocycles. The standard InChI is InChI=1S/C39H53F3N2O5/c1-26-21-30-29-16-11-10-15-27(29)22-31(30)36(44(26)25-39(5,6)42)35-32(40)23-28(24-33(35)41)48-20-14-13-19-43(37(46)49-38(2,3)4)18-12-8-9-17-34(45)47-7/h10-11,15-16,23-24,26,36H,8-9,12-14,17-22,25H2,1-7H3/t26-,36+/m1/s1. The fraction of sp³-hybridized carbons (Fsp3) is 0.590. The molecule has 2 aromatic carbocycles. The monoisotopic (exact) mass is 686 g/mol. The lowest BCUT2D eigenvalue weighted by molar-refractivity contribution is -0.140. The summed E-state index contributed by atoms with van der Waals surface area (Å²) in [5.74, 6) is -1.61. The number of benzene rings is 2. The number of halogens is 3. The molecule has 0 radical (unpaired) electrons. The second-order valence-electron chi connectivity index (χ2n) is 14.9. The molecule has 2 aromatic rings. The molecule has 1 heterocycles. The number of fused-ring (bicyclic) bond motifs is 2. The summed E-state index contributed by atoms with van der Waals surface area (Å²) in [5, 5.41) is 0. The van der Waals surface area contributed by atoms with Crippen molar-refractivity contribution >= 4 is 17.6 Å². The Labute approximate surface area is 289 Å². The fourth-order valence-corrected chi connectivity index (χ4v) is 6.82. The van der Waals surface area contributed by atoms with Crippen molar-refractivity contribution in [3.05, 3.63) is 70.3 Å². The van der Waals surface area contributed by atoms with E-state index in [0.29, 0.717) is 58.0 Å². The minimum absolute atomic E-state index is 0.0386. The smallest absolute Gasteiger partial charge is 0.410 e. The Balaban J connectivity index is 1.41. The fourth-order valence-electron chi connectivity index (χ4n) is 6.82. The third kappa shape index (κ3) is 10.5. The van der Waals surface area contributed by atoms with E-state index >= 15 is 13.2 Å². The quantitative estimate of drug-likeness (QED) is 0.138. The first-order valence-electron chi connectivity index (χ1n) is 17.5. The van der Waals surface area contributed by atoms with Crippen molar-refractivity contribution < 1.29 is 37.0 Å². The molecule has 0 spiro atoms. The third-order valence-electron chi connectivity index (χ3n) is 9.00. The van der Waals surface area contributed by atoms with Crippen molar-refractivity contribution in [1.29, 1.82) is 0 Å². The van der Waals surface area contributed by atoms with E-state index in [2.05, 4.69) is 10.8 Å². The lowest BCUT2D eigenvalue weighted by atomic mass is 9.84. The highest BCUT2D eigenvalue weighted by Gasteiger charge is 2.43. The molecule has 49 heavy (non-hydrogen) atoms. The second kappa shape index (κ2) is 16.5. The molecular formula is C39H53F3N2O5. The zero-order valence-corrected chi connectivity index (χ0v) is 30.2. The molecule has 2 atom stereocenters. The maximum absolute atomic E-state index is 16.0. The van der Waals surface area contributed by atoms with Crippen LogP contribution in [0.5, 0.6) is 5.75 Å². The van der Waals surface area contributed by atoms with Crippen LogP contribution in [0.3, 0.4) is 0 Å². The number of hydrogen-bond acceptors (Lipinski definition) is 6. The van der Waals surface area contributed by atoms with Gasteiger partial charge in [-0.1, -0.05) is 30.7 Å². The molecule has 10 heteroatoms. The number of hydrogen-bond donors (Lipinski definition) is 0. The average molecular weight is 687 g/mol. The van der Waals surface area contributed by atoms with Crippen LogP contribution in [0.2, 0.25) is 0 Å². The Morgan fingerprint density at radius 2 is 1.61 bits per heavy atom. The SMILES string of the molecule is COC(=O)CCCCCN(CCCCOc1cc(F)c([C@@H]2C3=C(C[C@@H](C)N2CC(C)(C)F)c2ccccc2C3)c(F)c1)C(=O)OC(C)(C)C. The number of esters is 1. The summed E-state index contributed by atoms with van der Waals surface area (Å²) < 4.78 is 63.2. The van der Waals surface area contributed by atoms with E-state index < -0.39 is 35.0 Å². The molecule has 2 aliphatic rings. The first-order chi connectivity index (χ1) is 23.1. The van der Waals surface area contributed by atoms with Gasteiger partial charge in [0.05, 0.1) is 19.8 Å². The third-order valence-corrected chi connectivity index (χ3v) is 9.00. The van der Waals surface area contributed by atoms with Crippen LogP contribution in [-0.2, 0) is 20.7 Å². The Kier molecular flexibility index (Phi) is 12.9. The number of nitrogens with zero attached hydrogens (tertiary/aromatic N) is 2. The van der Waals surface area contributed by atoms with Crippen LogP contribution < -0.4 is 4.74 Å². The Hall–Kier alpha value is -3.53. The van der Waals surface area contributed by atoms with E-state index in [1.54, 1.807) is 4.90 Å². The van der Waals surface area contributed by atoms with Gasteiger partial charge in [-0.3, -0.25) is 9.69 Å². The van der Waals surface area contributed by atoms with Crippen LogP contribution in [0.25, 0.3) is 5.57 Å². The number of carbonyl (C=O) groups is 2. The highest BCUT2D eigenvalue weighted by Crippen LogP contribution is 2.50. The molecule has 0 fully saturated rings. The molecule has 270 valence electrons. The van der Waals surface area contributed by atoms with Crippen LogP contribution >= 0.6 is 0 Å². The number of methoxy groups -OCH3 is 1. The van der Waals surface area contributed by atoms with E-state index in [1.165, 1.54) is 33.1 Å². The molecule has 0 unspecified atom stereocenters. The van der Waals surface area contributed by atoms with Crippen LogP contribution in [0.4, 0.5) is 18.0 Å². The number of carbonyl (C=O) groups excluding carboxylic acids is 2. The molecule has 1 amide bonds. The predicted molar refractivity (Wildman–Crippen MR) is 185 cm³/mol. The molecule has 7 nitrogen and oxygen atoms in total. The molecule has 4 rings (SSSR count). The first kappa shape index (κ1) is 38.3. The number of amides is 1. The van der Waals surface area contributed by atoms with E-state index in [0.717, 1.165) is 28.7 Å². The second-order valence-corrected chi connectivity index (χ2v) is 14.9. The van der Waals surface area contributed by atoms with Gasteiger partial charge in [0.25, 0.3) is 0 Å². The molecule has 0 bridgehead atoms. The number of ether oxygens (including phenoxy) is 3. The van der Waals surface area contributed by atoms with Crippen LogP contribution in [0.1, 0.15) is 109 Å². The van der Waals surface area contributed by atoms with Crippen molar-refractivity contribution in [3.8, 4) is 5.75 Å². The van der Waals surface area contributed by atoms with Crippen LogP contribution in [-0.4, -0.2) is 72.5 Å². The maximum atomic E-state index is 16.0. The van der Waals surface area contributed by atoms with Gasteiger partial charge in [0.15, 0.2) is 0 Å². The largest absolute Gasteiger partial charge is 0.493 e. The van der Waals surface area contributed by atoms with E-state index in [4.69, 9.17) is 9.47 Å². The summed E-state index contributed by atoms with van der Waals surface area (Å²) in [6, 6.07) is 9.62. The van der Waals surface area contributed by atoms with E-state index in [1.807, 2.05) is 50.8 Å². The van der Waals surface area contributed by atoms with Gasteiger partial charge in [-0.15, -0.1) is 0 Å². The molecule has 0 N–H and O–H groups in total. The Morgan fingerprint density at radius 1 is 0.959 bits per heavy atom. The summed E-state index contributed by atoms with van der Waals surface area (Å²) in [6.45, 7) is 11.6. The van der Waals surface area contributed by atoms with Crippen molar-refractivity contribution in [1.82, 2.24) is 9.80 Å². The Morgan fingerprint density at radius 3 is 2.24 bits per heavy atom. The minimum atomic E-state index is -1.56. The first-order valence-corrected chi connectivity index (χ1v) is 17.5. The van der Waals surface area contributed by atoms with Crippen molar-refractivity contribution in [2.75, 3.05) is 33.4 Å². The van der Waals surface area contributed by atoms with Gasteiger partial charge < -0.3 is 19.1 Å². The number of unbranched alkanes of at least 4 members (excludes halogenated alkanes) is 3. The predicted octanol–water partition coefficient (Wildman–Crippen LogP) is 8.99. The van der Waals surface area contributed by atoms with Gasteiger partial charge >= 0.3 is 12.1 Å². The van der Waals surface area contributed by atoms with Crippen molar-refractivity contribution in [2.24, 2.45) is 0 Å². The van der Waals surface area contributed by atoms with Crippen LogP contribution in [0, 0.1) is 11.6 Å². The van der Waals surface area contributed by atoms with Crippen molar-refractivity contribution in [2.45, 2.75) is 116 Å². The molecule has 0 aromatic heterocycles. The summed E-state index contributed by atoms with van der Waals surface area (Å²) in [7, 11) is 1.36. The summed E-state index contributed by atoms with van der Waals surface area (Å²) in [6.07, 6.45) is 4.46. The molecule has 0 saturated heterocycles. The summed E-state index contributed by atoms with van der Waals surface area (Å²) in [4.78, 5) is 27.8. The van der Waals surface area contributed by atoms with Crippen LogP contribution in [0.15, 0.2) is 42.0 Å². The van der Waals surface area contributed by atoms with Gasteiger partial charge in [-0.05, 0) is 102 Å². The topological polar surface area (TPSA) is 68.3 Å². The summed E-state index contributed by atoms with van der Waals surface area (Å²) in [5.41, 5.74) is 1.97. The highest BCUT2D eigenvalue weighted by molar-refractivity contribution is 5.79. The highest BCUT2D eigenvalue weighted by atomic mass is 19.1.